The highest BCUT2D eigenvalue weighted by atomic mass is 35.5. The molecule has 1 aromatic heterocycles. The molecular formula is C14H20ClN3O. The van der Waals surface area contributed by atoms with E-state index in [1.807, 2.05) is 56.9 Å². The number of aryl methyl sites for hydroxylation is 1. The molecule has 1 amide bonds. The zero-order chi connectivity index (χ0) is 14.4. The van der Waals surface area contributed by atoms with Crippen LogP contribution in [0.25, 0.3) is 10.9 Å². The summed E-state index contributed by atoms with van der Waals surface area (Å²) in [5.41, 5.74) is 1.52. The van der Waals surface area contributed by atoms with Crippen molar-refractivity contribution in [1.82, 2.24) is 15.2 Å². The molecule has 0 bridgehead atoms. The molecule has 0 aliphatic heterocycles. The average Bonchev–Trinajstić information content (AvgIpc) is 2.64. The number of fused-ring (bicyclic) bond motifs is 1. The van der Waals surface area contributed by atoms with Gasteiger partial charge in [-0.2, -0.15) is 0 Å². The summed E-state index contributed by atoms with van der Waals surface area (Å²) in [6.45, 7) is 2.48. The van der Waals surface area contributed by atoms with Crippen LogP contribution in [-0.4, -0.2) is 31.1 Å². The molecule has 0 saturated heterocycles. The Labute approximate surface area is 118 Å². The number of aromatic nitrogens is 1. The number of rotatable bonds is 2. The first-order valence-electron chi connectivity index (χ1n) is 6.18. The van der Waals surface area contributed by atoms with Gasteiger partial charge in [0.15, 0.2) is 0 Å². The van der Waals surface area contributed by atoms with Gasteiger partial charge in [0, 0.05) is 24.5 Å². The molecule has 5 heteroatoms. The highest BCUT2D eigenvalue weighted by Crippen LogP contribution is 2.28. The summed E-state index contributed by atoms with van der Waals surface area (Å²) in [5, 5.41) is 6.89. The van der Waals surface area contributed by atoms with Crippen molar-refractivity contribution in [2.24, 2.45) is 7.05 Å². The fourth-order valence-corrected chi connectivity index (χ4v) is 2.11. The number of nitrogens with zero attached hydrogens (tertiary/aromatic N) is 1. The fourth-order valence-electron chi connectivity index (χ4n) is 1.83. The third-order valence-corrected chi connectivity index (χ3v) is 3.04. The minimum atomic E-state index is -0.121. The Morgan fingerprint density at radius 1 is 1.32 bits per heavy atom. The molecule has 0 aliphatic carbocycles. The molecule has 0 saturated carbocycles. The zero-order valence-electron chi connectivity index (χ0n) is 11.7. The second-order valence-corrected chi connectivity index (χ2v) is 4.46. The SMILES string of the molecule is CCNC(=O)c1c(Cl)n(C)c2ccccc12.CNC. The van der Waals surface area contributed by atoms with Gasteiger partial charge in [-0.3, -0.25) is 4.79 Å². The van der Waals surface area contributed by atoms with Gasteiger partial charge in [0.1, 0.15) is 5.15 Å². The minimum Gasteiger partial charge on any atom is -0.352 e. The second-order valence-electron chi connectivity index (χ2n) is 4.10. The lowest BCUT2D eigenvalue weighted by Crippen LogP contribution is -2.22. The summed E-state index contributed by atoms with van der Waals surface area (Å²) in [6, 6.07) is 7.69. The Bertz CT molecular complexity index is 563. The van der Waals surface area contributed by atoms with Gasteiger partial charge >= 0.3 is 0 Å². The standard InChI is InChI=1S/C12H13ClN2O.C2H7N/c1-3-14-12(16)10-8-6-4-5-7-9(8)15(2)11(10)13;1-3-2/h4-7H,3H2,1-2H3,(H,14,16);3H,1-2H3. The second kappa shape index (κ2) is 7.16. The number of hydrogen-bond acceptors (Lipinski definition) is 2. The first kappa shape index (κ1) is 15.5. The van der Waals surface area contributed by atoms with Gasteiger partial charge in [-0.25, -0.2) is 0 Å². The zero-order valence-corrected chi connectivity index (χ0v) is 12.5. The molecule has 2 aromatic rings. The lowest BCUT2D eigenvalue weighted by molar-refractivity contribution is 0.0957. The molecule has 19 heavy (non-hydrogen) atoms. The molecule has 1 aromatic carbocycles. The van der Waals surface area contributed by atoms with E-state index in [1.54, 1.807) is 0 Å². The Morgan fingerprint density at radius 3 is 2.47 bits per heavy atom. The molecule has 2 rings (SSSR count). The van der Waals surface area contributed by atoms with Crippen molar-refractivity contribution in [2.75, 3.05) is 20.6 Å². The topological polar surface area (TPSA) is 46.1 Å². The molecule has 0 fully saturated rings. The first-order valence-corrected chi connectivity index (χ1v) is 6.55. The van der Waals surface area contributed by atoms with E-state index in [9.17, 15) is 4.79 Å². The normalized spacial score (nSPS) is 9.95. The number of halogens is 1. The van der Waals surface area contributed by atoms with Crippen molar-refractivity contribution in [3.05, 3.63) is 35.0 Å². The predicted molar refractivity (Wildman–Crippen MR) is 80.9 cm³/mol. The highest BCUT2D eigenvalue weighted by Gasteiger charge is 2.18. The molecule has 2 N–H and O–H groups in total. The van der Waals surface area contributed by atoms with Gasteiger partial charge in [0.05, 0.1) is 5.56 Å². The van der Waals surface area contributed by atoms with Crippen molar-refractivity contribution in [1.29, 1.82) is 0 Å². The Hall–Kier alpha value is -1.52. The van der Waals surface area contributed by atoms with E-state index in [-0.39, 0.29) is 5.91 Å². The van der Waals surface area contributed by atoms with Crippen LogP contribution in [0.15, 0.2) is 24.3 Å². The van der Waals surface area contributed by atoms with Crippen molar-refractivity contribution in [3.8, 4) is 0 Å². The first-order chi connectivity index (χ1) is 9.08. The summed E-state index contributed by atoms with van der Waals surface area (Å²) in [5.74, 6) is -0.121. The third-order valence-electron chi connectivity index (χ3n) is 2.60. The Kier molecular flexibility index (Phi) is 5.86. The maximum Gasteiger partial charge on any atom is 0.255 e. The van der Waals surface area contributed by atoms with Crippen LogP contribution in [0.4, 0.5) is 0 Å². The molecule has 0 atom stereocenters. The van der Waals surface area contributed by atoms with Crippen LogP contribution in [0.1, 0.15) is 17.3 Å². The van der Waals surface area contributed by atoms with Crippen molar-refractivity contribution >= 4 is 28.4 Å². The van der Waals surface area contributed by atoms with Crippen LogP contribution < -0.4 is 10.6 Å². The lowest BCUT2D eigenvalue weighted by atomic mass is 10.1. The van der Waals surface area contributed by atoms with E-state index in [4.69, 9.17) is 11.6 Å². The molecule has 0 aliphatic rings. The maximum absolute atomic E-state index is 11.9. The van der Waals surface area contributed by atoms with Gasteiger partial charge in [0.25, 0.3) is 5.91 Å². The largest absolute Gasteiger partial charge is 0.352 e. The number of nitrogens with one attached hydrogen (secondary N) is 2. The van der Waals surface area contributed by atoms with Gasteiger partial charge in [0.2, 0.25) is 0 Å². The summed E-state index contributed by atoms with van der Waals surface area (Å²) >= 11 is 6.17. The van der Waals surface area contributed by atoms with Crippen molar-refractivity contribution in [3.63, 3.8) is 0 Å². The lowest BCUT2D eigenvalue weighted by Gasteiger charge is -2.01. The molecule has 4 nitrogen and oxygen atoms in total. The summed E-state index contributed by atoms with van der Waals surface area (Å²) < 4.78 is 1.82. The van der Waals surface area contributed by atoms with Gasteiger partial charge in [-0.1, -0.05) is 29.8 Å². The maximum atomic E-state index is 11.9. The molecule has 1 heterocycles. The Morgan fingerprint density at radius 2 is 1.89 bits per heavy atom. The number of benzene rings is 1. The number of para-hydroxylation sites is 1. The summed E-state index contributed by atoms with van der Waals surface area (Å²) in [4.78, 5) is 11.9. The molecular weight excluding hydrogens is 262 g/mol. The van der Waals surface area contributed by atoms with E-state index in [2.05, 4.69) is 10.6 Å². The van der Waals surface area contributed by atoms with Crippen LogP contribution >= 0.6 is 11.6 Å². The smallest absolute Gasteiger partial charge is 0.255 e. The quantitative estimate of drug-likeness (QED) is 0.888. The number of carbonyl (C=O) groups is 1. The monoisotopic (exact) mass is 281 g/mol. The van der Waals surface area contributed by atoms with E-state index in [0.29, 0.717) is 17.3 Å². The average molecular weight is 282 g/mol. The van der Waals surface area contributed by atoms with Crippen LogP contribution in [-0.2, 0) is 7.05 Å². The van der Waals surface area contributed by atoms with E-state index in [1.165, 1.54) is 0 Å². The summed E-state index contributed by atoms with van der Waals surface area (Å²) in [6.07, 6.45) is 0. The van der Waals surface area contributed by atoms with E-state index >= 15 is 0 Å². The van der Waals surface area contributed by atoms with Crippen LogP contribution in [0.3, 0.4) is 0 Å². The number of hydrogen-bond donors (Lipinski definition) is 2. The van der Waals surface area contributed by atoms with Crippen molar-refractivity contribution in [2.45, 2.75) is 6.92 Å². The Balaban J connectivity index is 0.000000550. The third kappa shape index (κ3) is 3.28. The molecule has 0 unspecified atom stereocenters. The minimum absolute atomic E-state index is 0.121. The van der Waals surface area contributed by atoms with Gasteiger partial charge in [-0.05, 0) is 27.1 Å². The van der Waals surface area contributed by atoms with Crippen LogP contribution in [0, 0.1) is 0 Å². The van der Waals surface area contributed by atoms with Gasteiger partial charge in [-0.15, -0.1) is 0 Å². The van der Waals surface area contributed by atoms with Gasteiger partial charge < -0.3 is 15.2 Å². The highest BCUT2D eigenvalue weighted by molar-refractivity contribution is 6.35. The predicted octanol–water partition coefficient (Wildman–Crippen LogP) is 2.42. The van der Waals surface area contributed by atoms with Crippen LogP contribution in [0.5, 0.6) is 0 Å². The fraction of sp³-hybridized carbons (Fsp3) is 0.357. The van der Waals surface area contributed by atoms with E-state index in [0.717, 1.165) is 10.9 Å². The van der Waals surface area contributed by atoms with Crippen molar-refractivity contribution < 1.29 is 4.79 Å². The van der Waals surface area contributed by atoms with E-state index < -0.39 is 0 Å². The summed E-state index contributed by atoms with van der Waals surface area (Å²) in [7, 11) is 5.60. The molecule has 0 spiro atoms. The van der Waals surface area contributed by atoms with Crippen LogP contribution in [0.2, 0.25) is 5.15 Å². The number of carbonyl (C=O) groups excluding carboxylic acids is 1. The molecule has 0 radical (unpaired) electrons. The number of amides is 1. The molecule has 104 valence electrons.